The summed E-state index contributed by atoms with van der Waals surface area (Å²) in [6.07, 6.45) is 0. The van der Waals surface area contributed by atoms with Crippen LogP contribution >= 0.6 is 0 Å². The van der Waals surface area contributed by atoms with Crippen LogP contribution < -0.4 is 6.15 Å². The van der Waals surface area contributed by atoms with Crippen molar-refractivity contribution in [3.63, 3.8) is 0 Å². The fourth-order valence-electron chi connectivity index (χ4n) is 0. The van der Waals surface area contributed by atoms with Crippen LogP contribution in [0.2, 0.25) is 0 Å². The largest absolute Gasteiger partial charge is 0.344 e. The van der Waals surface area contributed by atoms with Gasteiger partial charge in [-0.25, -0.2) is 0 Å². The third kappa shape index (κ3) is 120. The van der Waals surface area contributed by atoms with E-state index in [0.717, 1.165) is 0 Å². The highest BCUT2D eigenvalue weighted by atomic mass is 14.0. The molecule has 1 nitrogen and oxygen atoms in total. The van der Waals surface area contributed by atoms with Crippen LogP contribution in [-0.4, -0.2) is 25.2 Å². The van der Waals surface area contributed by atoms with Crippen molar-refractivity contribution in [3.05, 3.63) is 0 Å². The van der Waals surface area contributed by atoms with Crippen molar-refractivity contribution in [1.82, 2.24) is 6.15 Å². The average Bonchev–Trinajstić information content (AvgIpc) is 0. The fraction of sp³-hybridized carbons (Fsp3) is 0. The predicted octanol–water partition coefficient (Wildman–Crippen LogP) is -0.980. The maximum Gasteiger partial charge on any atom is 0 e. The minimum Gasteiger partial charge on any atom is -0.344 e. The normalized spacial score (nSPS) is 0. The summed E-state index contributed by atoms with van der Waals surface area (Å²) in [5.41, 5.74) is 0. The molecule has 0 heterocycles. The number of rotatable bonds is 0. The van der Waals surface area contributed by atoms with E-state index in [0.29, 0.717) is 0 Å². The summed E-state index contributed by atoms with van der Waals surface area (Å²) in [5.74, 6) is 0. The molecule has 0 aromatic heterocycles. The standard InChI is InChI=1S/3B.H3N/h;;;1H3. The molecule has 0 saturated carbocycles. The van der Waals surface area contributed by atoms with E-state index >= 15 is 0 Å². The molecule has 4 heavy (non-hydrogen) atoms. The van der Waals surface area contributed by atoms with E-state index in [1.54, 1.807) is 0 Å². The molecule has 3 N–H and O–H groups in total. The second-order valence-corrected chi connectivity index (χ2v) is 0. The van der Waals surface area contributed by atoms with Crippen LogP contribution in [0, 0.1) is 0 Å². The van der Waals surface area contributed by atoms with Crippen LogP contribution in [0.4, 0.5) is 0 Å². The number of hydrogen-bond acceptors (Lipinski definition) is 1. The lowest BCUT2D eigenvalue weighted by Crippen LogP contribution is -0.481. The first-order valence-corrected chi connectivity index (χ1v) is 0. The summed E-state index contributed by atoms with van der Waals surface area (Å²) in [5, 5.41) is 0. The highest BCUT2D eigenvalue weighted by Crippen LogP contribution is -0.379. The van der Waals surface area contributed by atoms with Crippen LogP contribution in [0.25, 0.3) is 0 Å². The summed E-state index contributed by atoms with van der Waals surface area (Å²) in [7, 11) is 0. The summed E-state index contributed by atoms with van der Waals surface area (Å²) in [4.78, 5) is 0. The third-order valence-corrected chi connectivity index (χ3v) is 0. The van der Waals surface area contributed by atoms with Crippen molar-refractivity contribution in [2.45, 2.75) is 0 Å². The zero-order valence-corrected chi connectivity index (χ0v) is 2.44. The molecule has 0 aliphatic rings. The van der Waals surface area contributed by atoms with Gasteiger partial charge in [0.1, 0.15) is 0 Å². The Hall–Kier alpha value is 0.155. The molecule has 0 aliphatic heterocycles. The molecule has 0 aliphatic carbocycles. The molecule has 0 bridgehead atoms. The molecule has 0 aromatic rings. The van der Waals surface area contributed by atoms with Gasteiger partial charge in [0.25, 0.3) is 0 Å². The van der Waals surface area contributed by atoms with E-state index in [9.17, 15) is 0 Å². The molecule has 0 saturated heterocycles. The lowest BCUT2D eigenvalue weighted by molar-refractivity contribution is 2.13. The Labute approximate surface area is 32.5 Å². The lowest BCUT2D eigenvalue weighted by atomic mass is 10.8. The van der Waals surface area contributed by atoms with E-state index in [2.05, 4.69) is 0 Å². The highest BCUT2D eigenvalue weighted by Gasteiger charge is 0.00201. The molecular weight excluding hydrogens is 46.4 g/mol. The van der Waals surface area contributed by atoms with Crippen molar-refractivity contribution in [2.24, 2.45) is 0 Å². The van der Waals surface area contributed by atoms with Gasteiger partial charge in [0.15, 0.2) is 0 Å². The minimum atomic E-state index is 0. The lowest BCUT2D eigenvalue weighted by Gasteiger charge is -0.344. The predicted molar refractivity (Wildman–Crippen MR) is 22.3 cm³/mol. The quantitative estimate of drug-likeness (QED) is 0.351. The van der Waals surface area contributed by atoms with Gasteiger partial charge in [-0.1, -0.05) is 0 Å². The van der Waals surface area contributed by atoms with Gasteiger partial charge in [-0.05, 0) is 0 Å². The van der Waals surface area contributed by atoms with Crippen LogP contribution in [0.3, 0.4) is 0 Å². The average molecular weight is 49.5 g/mol. The van der Waals surface area contributed by atoms with Gasteiger partial charge in [0.2, 0.25) is 0 Å². The molecule has 0 atom stereocenters. The molecule has 0 fully saturated rings. The van der Waals surface area contributed by atoms with E-state index < -0.39 is 0 Å². The topological polar surface area (TPSA) is 35.0 Å². The Morgan fingerprint density at radius 3 is 0.500 bits per heavy atom. The smallest absolute Gasteiger partial charge is 0 e. The van der Waals surface area contributed by atoms with Crippen LogP contribution in [-0.2, 0) is 0 Å². The molecule has 9 radical (unpaired) electrons. The first-order valence-electron chi connectivity index (χ1n) is 0. The molecule has 0 rings (SSSR count). The first kappa shape index (κ1) is 1730. The Morgan fingerprint density at radius 2 is 0.500 bits per heavy atom. The van der Waals surface area contributed by atoms with Gasteiger partial charge in [-0.15, -0.1) is 0 Å². The van der Waals surface area contributed by atoms with Crippen LogP contribution in [0.15, 0.2) is 0 Å². The van der Waals surface area contributed by atoms with Gasteiger partial charge in [0, 0.05) is 25.2 Å². The van der Waals surface area contributed by atoms with Crippen LogP contribution in [0.1, 0.15) is 0 Å². The summed E-state index contributed by atoms with van der Waals surface area (Å²) < 4.78 is 0. The Morgan fingerprint density at radius 1 is 0.500 bits per heavy atom. The Balaban J connectivity index is 0. The zero-order chi connectivity index (χ0) is 0. The van der Waals surface area contributed by atoms with Gasteiger partial charge in [0.05, 0.1) is 0 Å². The maximum absolute atomic E-state index is 0. The second kappa shape index (κ2) is 611. The molecule has 4 heteroatoms. The summed E-state index contributed by atoms with van der Waals surface area (Å²) in [6.45, 7) is 0. The molecule has 0 aromatic carbocycles. The van der Waals surface area contributed by atoms with Gasteiger partial charge in [-0.2, -0.15) is 0 Å². The highest BCUT2D eigenvalue weighted by molar-refractivity contribution is 5.76. The molecule has 0 amide bonds. The van der Waals surface area contributed by atoms with Crippen LogP contribution in [0.5, 0.6) is 0 Å². The monoisotopic (exact) mass is 50.1 g/mol. The molecule has 0 unspecified atom stereocenters. The van der Waals surface area contributed by atoms with Crippen molar-refractivity contribution in [2.75, 3.05) is 0 Å². The Bertz CT molecular complexity index is 3.25. The molecule has 17 valence electrons. The van der Waals surface area contributed by atoms with E-state index in [1.165, 1.54) is 0 Å². The van der Waals surface area contributed by atoms with Crippen molar-refractivity contribution >= 4 is 25.2 Å². The summed E-state index contributed by atoms with van der Waals surface area (Å²) in [6, 6.07) is 0. The van der Waals surface area contributed by atoms with Gasteiger partial charge < -0.3 is 6.15 Å². The van der Waals surface area contributed by atoms with Crippen molar-refractivity contribution in [3.8, 4) is 0 Å². The van der Waals surface area contributed by atoms with E-state index in [1.807, 2.05) is 0 Å². The SMILES string of the molecule is N.[B].[B].[B]. The maximum atomic E-state index is 0. The Kier molecular flexibility index (Phi) is 264000. The third-order valence-electron chi connectivity index (χ3n) is 0. The van der Waals surface area contributed by atoms with Crippen molar-refractivity contribution in [1.29, 1.82) is 0 Å². The van der Waals surface area contributed by atoms with Crippen molar-refractivity contribution < 1.29 is 0 Å². The minimum absolute atomic E-state index is 0. The van der Waals surface area contributed by atoms with Gasteiger partial charge in [-0.3, -0.25) is 0 Å². The van der Waals surface area contributed by atoms with E-state index in [4.69, 9.17) is 0 Å². The second-order valence-electron chi connectivity index (χ2n) is 0. The fourth-order valence-corrected chi connectivity index (χ4v) is 0. The van der Waals surface area contributed by atoms with E-state index in [-0.39, 0.29) is 31.4 Å². The molecule has 0 spiro atoms. The first-order chi connectivity index (χ1) is 0. The zero-order valence-electron chi connectivity index (χ0n) is 2.44. The summed E-state index contributed by atoms with van der Waals surface area (Å²) >= 11 is 0. The van der Waals surface area contributed by atoms with Gasteiger partial charge >= 0.3 is 0 Å². The molecular formula is H3B3N. The number of hydrogen-bond donors (Lipinski definition) is 1.